The van der Waals surface area contributed by atoms with Crippen molar-refractivity contribution in [3.05, 3.63) is 78.5 Å². The normalized spacial score (nSPS) is 10.7. The summed E-state index contributed by atoms with van der Waals surface area (Å²) in [6.45, 7) is 0.101. The number of rotatable bonds is 6. The van der Waals surface area contributed by atoms with Gasteiger partial charge in [-0.15, -0.1) is 5.10 Å². The summed E-state index contributed by atoms with van der Waals surface area (Å²) in [6, 6.07) is 20.7. The highest BCUT2D eigenvalue weighted by Crippen LogP contribution is 2.35. The van der Waals surface area contributed by atoms with Crippen molar-refractivity contribution in [3.8, 4) is 0 Å². The number of nitrogens with zero attached hydrogens (tertiary/aromatic N) is 4. The molecule has 0 aliphatic rings. The molecular weight excluding hydrogens is 396 g/mol. The van der Waals surface area contributed by atoms with Crippen LogP contribution in [0.3, 0.4) is 0 Å². The molecule has 2 aromatic carbocycles. The van der Waals surface area contributed by atoms with Crippen molar-refractivity contribution in [2.24, 2.45) is 0 Å². The molecule has 0 bridgehead atoms. The molecule has 140 valence electrons. The molecule has 0 saturated carbocycles. The third-order valence-electron chi connectivity index (χ3n) is 3.62. The lowest BCUT2D eigenvalue weighted by atomic mass is 10.2. The summed E-state index contributed by atoms with van der Waals surface area (Å²) >= 11 is 0. The first-order valence-corrected chi connectivity index (χ1v) is 10.4. The minimum absolute atomic E-state index is 0.101. The van der Waals surface area contributed by atoms with E-state index in [4.69, 9.17) is 9.57 Å². The van der Waals surface area contributed by atoms with E-state index in [1.807, 2.05) is 54.6 Å². The highest BCUT2D eigenvalue weighted by molar-refractivity contribution is 8.76. The summed E-state index contributed by atoms with van der Waals surface area (Å²) in [4.78, 5) is 23.4. The van der Waals surface area contributed by atoms with Gasteiger partial charge in [0.05, 0.1) is 0 Å². The van der Waals surface area contributed by atoms with Crippen molar-refractivity contribution in [1.29, 1.82) is 0 Å². The molecule has 2 aromatic heterocycles. The van der Waals surface area contributed by atoms with Gasteiger partial charge in [-0.2, -0.15) is 0 Å². The topological polar surface area (TPSA) is 79.1 Å². The summed E-state index contributed by atoms with van der Waals surface area (Å²) in [7, 11) is 3.20. The average molecular weight is 410 g/mol. The van der Waals surface area contributed by atoms with Crippen LogP contribution in [0, 0.1) is 0 Å². The number of carbonyl (C=O) groups is 1. The van der Waals surface area contributed by atoms with Crippen LogP contribution in [0.2, 0.25) is 0 Å². The van der Waals surface area contributed by atoms with E-state index in [2.05, 4.69) is 15.3 Å². The van der Waals surface area contributed by atoms with Crippen LogP contribution >= 0.6 is 21.6 Å². The molecule has 28 heavy (non-hydrogen) atoms. The van der Waals surface area contributed by atoms with Gasteiger partial charge in [-0.1, -0.05) is 46.0 Å². The van der Waals surface area contributed by atoms with Gasteiger partial charge in [0, 0.05) is 11.1 Å². The van der Waals surface area contributed by atoms with Gasteiger partial charge in [0.1, 0.15) is 22.7 Å². The molecular formula is C19H14N4O3S2. The van der Waals surface area contributed by atoms with E-state index in [0.717, 1.165) is 20.3 Å². The van der Waals surface area contributed by atoms with Crippen LogP contribution in [0.15, 0.2) is 82.8 Å². The number of pyridine rings is 1. The van der Waals surface area contributed by atoms with Gasteiger partial charge in [0.2, 0.25) is 0 Å². The lowest BCUT2D eigenvalue weighted by molar-refractivity contribution is 0.0347. The predicted molar refractivity (Wildman–Crippen MR) is 107 cm³/mol. The van der Waals surface area contributed by atoms with E-state index < -0.39 is 6.16 Å². The Labute approximate surface area is 168 Å². The van der Waals surface area contributed by atoms with E-state index >= 15 is 0 Å². The number of aromatic nitrogens is 4. The van der Waals surface area contributed by atoms with Crippen molar-refractivity contribution in [1.82, 2.24) is 20.1 Å². The molecule has 0 aliphatic carbocycles. The lowest BCUT2D eigenvalue weighted by Crippen LogP contribution is -2.21. The maximum absolute atomic E-state index is 11.9. The van der Waals surface area contributed by atoms with Crippen molar-refractivity contribution in [3.63, 3.8) is 0 Å². The molecule has 0 fully saturated rings. The molecule has 0 unspecified atom stereocenters. The first-order valence-electron chi connectivity index (χ1n) is 8.28. The Morgan fingerprint density at radius 1 is 0.964 bits per heavy atom. The molecule has 7 nitrogen and oxygen atoms in total. The Morgan fingerprint density at radius 2 is 1.79 bits per heavy atom. The van der Waals surface area contributed by atoms with Crippen LogP contribution in [0.4, 0.5) is 4.79 Å². The fourth-order valence-electron chi connectivity index (χ4n) is 2.28. The molecule has 4 aromatic rings. The van der Waals surface area contributed by atoms with Gasteiger partial charge < -0.3 is 4.74 Å². The fraction of sp³-hybridized carbons (Fsp3) is 0.0526. The highest BCUT2D eigenvalue weighted by atomic mass is 33.1. The first kappa shape index (κ1) is 18.3. The molecule has 0 saturated heterocycles. The first-order chi connectivity index (χ1) is 13.8. The van der Waals surface area contributed by atoms with Crippen LogP contribution < -0.4 is 4.84 Å². The summed E-state index contributed by atoms with van der Waals surface area (Å²) < 4.78 is 5.15. The Kier molecular flexibility index (Phi) is 5.74. The van der Waals surface area contributed by atoms with E-state index in [1.54, 1.807) is 39.9 Å². The molecule has 0 amide bonds. The van der Waals surface area contributed by atoms with Gasteiger partial charge >= 0.3 is 6.16 Å². The van der Waals surface area contributed by atoms with Gasteiger partial charge in [-0.25, -0.2) is 9.78 Å². The number of hydrogen-bond donors (Lipinski definition) is 0. The van der Waals surface area contributed by atoms with Gasteiger partial charge in [0.15, 0.2) is 0 Å². The quantitative estimate of drug-likeness (QED) is 0.263. The molecule has 9 heteroatoms. The Morgan fingerprint density at radius 3 is 2.61 bits per heavy atom. The summed E-state index contributed by atoms with van der Waals surface area (Å²) in [6.07, 6.45) is 0.921. The van der Waals surface area contributed by atoms with Gasteiger partial charge in [-0.05, 0) is 58.0 Å². The second-order valence-electron chi connectivity index (χ2n) is 5.56. The minimum Gasteiger partial charge on any atom is -0.428 e. The van der Waals surface area contributed by atoms with Crippen LogP contribution in [0.5, 0.6) is 0 Å². The Balaban J connectivity index is 1.28. The predicted octanol–water partition coefficient (Wildman–Crippen LogP) is 4.39. The zero-order valence-corrected chi connectivity index (χ0v) is 16.1. The summed E-state index contributed by atoms with van der Waals surface area (Å²) in [5.41, 5.74) is 2.07. The highest BCUT2D eigenvalue weighted by Gasteiger charge is 2.11. The third kappa shape index (κ3) is 4.62. The number of carbonyl (C=O) groups excluding carboxylic acids is 1. The number of hydrogen-bond acceptors (Lipinski definition) is 8. The summed E-state index contributed by atoms with van der Waals surface area (Å²) in [5, 5.41) is 8.64. The molecule has 2 heterocycles. The van der Waals surface area contributed by atoms with Gasteiger partial charge in [-0.3, -0.25) is 4.84 Å². The smallest absolute Gasteiger partial charge is 0.428 e. The number of benzene rings is 2. The van der Waals surface area contributed by atoms with E-state index in [0.29, 0.717) is 11.0 Å². The maximum atomic E-state index is 11.9. The van der Waals surface area contributed by atoms with Crippen molar-refractivity contribution < 1.29 is 14.4 Å². The van der Waals surface area contributed by atoms with Crippen LogP contribution in [0.1, 0.15) is 5.56 Å². The van der Waals surface area contributed by atoms with Crippen molar-refractivity contribution in [2.75, 3.05) is 0 Å². The molecule has 0 atom stereocenters. The van der Waals surface area contributed by atoms with Crippen molar-refractivity contribution in [2.45, 2.75) is 16.5 Å². The number of para-hydroxylation sites is 1. The monoisotopic (exact) mass is 410 g/mol. The number of ether oxygens (including phenoxy) is 1. The average Bonchev–Trinajstić information content (AvgIpc) is 3.15. The molecule has 0 aliphatic heterocycles. The lowest BCUT2D eigenvalue weighted by Gasteiger charge is -2.06. The Hall–Kier alpha value is -3.04. The standard InChI is InChI=1S/C19H14N4O3S2/c24-19(26-23-17-6-2-1-5-16(17)21-22-23)25-13-14-8-10-15(11-9-14)27-28-18-7-3-4-12-20-18/h1-12H,13H2. The second-order valence-corrected chi connectivity index (χ2v) is 7.78. The van der Waals surface area contributed by atoms with Crippen LogP contribution in [0.25, 0.3) is 11.0 Å². The van der Waals surface area contributed by atoms with Crippen LogP contribution in [-0.2, 0) is 11.3 Å². The largest absolute Gasteiger partial charge is 0.535 e. The molecule has 4 rings (SSSR count). The Bertz CT molecular complexity index is 1070. The van der Waals surface area contributed by atoms with Crippen LogP contribution in [-0.4, -0.2) is 26.3 Å². The van der Waals surface area contributed by atoms with Gasteiger partial charge in [0.25, 0.3) is 0 Å². The second kappa shape index (κ2) is 8.77. The van der Waals surface area contributed by atoms with E-state index in [9.17, 15) is 4.79 Å². The van der Waals surface area contributed by atoms with Crippen molar-refractivity contribution >= 4 is 38.8 Å². The zero-order chi connectivity index (χ0) is 19.2. The molecule has 0 spiro atoms. The van der Waals surface area contributed by atoms with E-state index in [-0.39, 0.29) is 6.61 Å². The SMILES string of the molecule is O=C(OCc1ccc(SSc2ccccn2)cc1)On1nnc2ccccc21. The zero-order valence-electron chi connectivity index (χ0n) is 14.5. The maximum Gasteiger partial charge on any atom is 0.535 e. The molecule has 0 N–H and O–H groups in total. The van der Waals surface area contributed by atoms with E-state index in [1.165, 1.54) is 0 Å². The summed E-state index contributed by atoms with van der Waals surface area (Å²) in [5.74, 6) is 0. The number of fused-ring (bicyclic) bond motifs is 1. The molecule has 0 radical (unpaired) electrons. The third-order valence-corrected chi connectivity index (χ3v) is 5.92. The fourth-order valence-corrected chi connectivity index (χ4v) is 4.12. The minimum atomic E-state index is -0.847.